The summed E-state index contributed by atoms with van der Waals surface area (Å²) in [6, 6.07) is 12.6. The minimum atomic E-state index is -0.750. The molecule has 7 nitrogen and oxygen atoms in total. The van der Waals surface area contributed by atoms with Gasteiger partial charge in [0.1, 0.15) is 0 Å². The van der Waals surface area contributed by atoms with E-state index < -0.39 is 22.3 Å². The fourth-order valence-corrected chi connectivity index (χ4v) is 1.92. The quantitative estimate of drug-likeness (QED) is 0.676. The van der Waals surface area contributed by atoms with E-state index in [-0.39, 0.29) is 12.1 Å². The van der Waals surface area contributed by atoms with Crippen molar-refractivity contribution < 1.29 is 19.7 Å². The van der Waals surface area contributed by atoms with Crippen LogP contribution in [0.15, 0.2) is 48.5 Å². The lowest BCUT2D eigenvalue weighted by Gasteiger charge is -2.19. The van der Waals surface area contributed by atoms with E-state index in [0.717, 1.165) is 22.8 Å². The number of phenols is 1. The van der Waals surface area contributed by atoms with Gasteiger partial charge in [0, 0.05) is 11.6 Å². The fourth-order valence-electron chi connectivity index (χ4n) is 1.92. The molecule has 114 valence electrons. The van der Waals surface area contributed by atoms with Crippen LogP contribution in [0.25, 0.3) is 0 Å². The van der Waals surface area contributed by atoms with Gasteiger partial charge in [-0.15, -0.1) is 0 Å². The number of nitrogens with zero attached hydrogens (tertiary/aromatic N) is 2. The van der Waals surface area contributed by atoms with Gasteiger partial charge in [-0.3, -0.25) is 19.7 Å². The average molecular weight is 302 g/mol. The first-order chi connectivity index (χ1) is 10.5. The van der Waals surface area contributed by atoms with Gasteiger partial charge in [-0.2, -0.15) is 0 Å². The molecule has 0 saturated carbocycles. The van der Waals surface area contributed by atoms with Crippen LogP contribution in [0.3, 0.4) is 0 Å². The number of aromatic hydroxyl groups is 1. The highest BCUT2D eigenvalue weighted by Crippen LogP contribution is 2.27. The molecule has 0 aliphatic carbocycles. The first-order valence-electron chi connectivity index (χ1n) is 6.40. The highest BCUT2D eigenvalue weighted by Gasteiger charge is 2.21. The van der Waals surface area contributed by atoms with Crippen LogP contribution in [0.2, 0.25) is 0 Å². The molecule has 0 spiro atoms. The van der Waals surface area contributed by atoms with Gasteiger partial charge < -0.3 is 5.11 Å². The highest BCUT2D eigenvalue weighted by molar-refractivity contribution is 5.94. The van der Waals surface area contributed by atoms with Crippen molar-refractivity contribution in [3.63, 3.8) is 0 Å². The van der Waals surface area contributed by atoms with Crippen molar-refractivity contribution >= 4 is 11.6 Å². The maximum atomic E-state index is 12.4. The Morgan fingerprint density at radius 1 is 1.27 bits per heavy atom. The first-order valence-corrected chi connectivity index (χ1v) is 6.40. The van der Waals surface area contributed by atoms with E-state index in [4.69, 9.17) is 4.84 Å². The lowest BCUT2D eigenvalue weighted by molar-refractivity contribution is -0.385. The standard InChI is InChI=1S/C15H14N2O5/c1-22-16(10-11-5-3-2-4-6-11)15(19)12-7-8-14(18)13(9-12)17(20)21/h2-9,18H,10H2,1H3. The molecule has 0 atom stereocenters. The van der Waals surface area contributed by atoms with Crippen LogP contribution in [0.4, 0.5) is 5.69 Å². The van der Waals surface area contributed by atoms with Gasteiger partial charge >= 0.3 is 5.69 Å². The van der Waals surface area contributed by atoms with Crippen molar-refractivity contribution in [1.29, 1.82) is 0 Å². The minimum absolute atomic E-state index is 0.0577. The third-order valence-electron chi connectivity index (χ3n) is 3.03. The summed E-state index contributed by atoms with van der Waals surface area (Å²) in [6.07, 6.45) is 0. The number of hydrogen-bond donors (Lipinski definition) is 1. The summed E-state index contributed by atoms with van der Waals surface area (Å²) in [5, 5.41) is 21.3. The van der Waals surface area contributed by atoms with E-state index in [9.17, 15) is 20.0 Å². The molecule has 0 aliphatic heterocycles. The Hall–Kier alpha value is -2.93. The second-order valence-electron chi connectivity index (χ2n) is 4.47. The molecule has 0 heterocycles. The lowest BCUT2D eigenvalue weighted by Crippen LogP contribution is -2.29. The maximum Gasteiger partial charge on any atom is 0.311 e. The molecule has 0 fully saturated rings. The zero-order valence-corrected chi connectivity index (χ0v) is 11.8. The average Bonchev–Trinajstić information content (AvgIpc) is 2.53. The van der Waals surface area contributed by atoms with E-state index in [2.05, 4.69) is 0 Å². The molecule has 0 saturated heterocycles. The van der Waals surface area contributed by atoms with Gasteiger partial charge in [0.05, 0.1) is 18.6 Å². The van der Waals surface area contributed by atoms with Crippen LogP contribution < -0.4 is 0 Å². The van der Waals surface area contributed by atoms with Crippen LogP contribution in [-0.2, 0) is 11.4 Å². The number of phenolic OH excluding ortho intramolecular Hbond substituents is 1. The van der Waals surface area contributed by atoms with E-state index in [0.29, 0.717) is 0 Å². The SMILES string of the molecule is CON(Cc1ccccc1)C(=O)c1ccc(O)c([N+](=O)[O-])c1. The topological polar surface area (TPSA) is 92.9 Å². The Bertz CT molecular complexity index is 688. The molecule has 0 unspecified atom stereocenters. The summed E-state index contributed by atoms with van der Waals surface area (Å²) >= 11 is 0. The van der Waals surface area contributed by atoms with Gasteiger partial charge in [0.2, 0.25) is 0 Å². The Morgan fingerprint density at radius 2 is 1.95 bits per heavy atom. The summed E-state index contributed by atoms with van der Waals surface area (Å²) in [4.78, 5) is 27.5. The van der Waals surface area contributed by atoms with Crippen molar-refractivity contribution in [3.8, 4) is 5.75 Å². The van der Waals surface area contributed by atoms with Crippen molar-refractivity contribution in [2.75, 3.05) is 7.11 Å². The number of nitro benzene ring substituents is 1. The molecule has 2 aromatic carbocycles. The van der Waals surface area contributed by atoms with E-state index in [1.54, 1.807) is 0 Å². The summed E-state index contributed by atoms with van der Waals surface area (Å²) < 4.78 is 0. The molecule has 2 rings (SSSR count). The second kappa shape index (κ2) is 6.68. The van der Waals surface area contributed by atoms with Crippen molar-refractivity contribution in [3.05, 3.63) is 69.8 Å². The minimum Gasteiger partial charge on any atom is -0.502 e. The Morgan fingerprint density at radius 3 is 2.55 bits per heavy atom. The third kappa shape index (κ3) is 3.39. The number of rotatable bonds is 5. The molecule has 1 N–H and O–H groups in total. The van der Waals surface area contributed by atoms with Crippen molar-refractivity contribution in [1.82, 2.24) is 5.06 Å². The summed E-state index contributed by atoms with van der Waals surface area (Å²) in [5.41, 5.74) is 0.384. The van der Waals surface area contributed by atoms with Gasteiger partial charge in [-0.25, -0.2) is 5.06 Å². The van der Waals surface area contributed by atoms with Crippen molar-refractivity contribution in [2.45, 2.75) is 6.54 Å². The Kier molecular flexibility index (Phi) is 4.70. The summed E-state index contributed by atoms with van der Waals surface area (Å²) in [5.74, 6) is -1.02. The Labute approximate surface area is 126 Å². The van der Waals surface area contributed by atoms with Crippen LogP contribution in [0.5, 0.6) is 5.75 Å². The number of hydroxylamine groups is 2. The molecule has 0 aromatic heterocycles. The molecule has 0 aliphatic rings. The number of carbonyl (C=O) groups is 1. The van der Waals surface area contributed by atoms with Gasteiger partial charge in [0.15, 0.2) is 5.75 Å². The monoisotopic (exact) mass is 302 g/mol. The molecular formula is C15H14N2O5. The van der Waals surface area contributed by atoms with Crippen molar-refractivity contribution in [2.24, 2.45) is 0 Å². The first kappa shape index (κ1) is 15.5. The number of amides is 1. The number of carbonyl (C=O) groups excluding carboxylic acids is 1. The lowest BCUT2D eigenvalue weighted by atomic mass is 10.1. The molecule has 0 radical (unpaired) electrons. The molecule has 2 aromatic rings. The molecule has 7 heteroatoms. The predicted molar refractivity (Wildman–Crippen MR) is 78.1 cm³/mol. The van der Waals surface area contributed by atoms with Crippen LogP contribution >= 0.6 is 0 Å². The zero-order valence-electron chi connectivity index (χ0n) is 11.8. The van der Waals surface area contributed by atoms with Crippen LogP contribution in [-0.4, -0.2) is 28.1 Å². The summed E-state index contributed by atoms with van der Waals surface area (Å²) in [7, 11) is 1.34. The molecule has 1 amide bonds. The second-order valence-corrected chi connectivity index (χ2v) is 4.47. The maximum absolute atomic E-state index is 12.4. The normalized spacial score (nSPS) is 10.2. The largest absolute Gasteiger partial charge is 0.502 e. The predicted octanol–water partition coefficient (Wildman–Crippen LogP) is 2.50. The summed E-state index contributed by atoms with van der Waals surface area (Å²) in [6.45, 7) is 0.199. The number of hydrogen-bond acceptors (Lipinski definition) is 5. The smallest absolute Gasteiger partial charge is 0.311 e. The molecule has 22 heavy (non-hydrogen) atoms. The molecular weight excluding hydrogens is 288 g/mol. The van der Waals surface area contributed by atoms with E-state index >= 15 is 0 Å². The highest BCUT2D eigenvalue weighted by atomic mass is 16.7. The van der Waals surface area contributed by atoms with E-state index in [1.807, 2.05) is 30.3 Å². The number of nitro groups is 1. The number of benzene rings is 2. The fraction of sp³-hybridized carbons (Fsp3) is 0.133. The third-order valence-corrected chi connectivity index (χ3v) is 3.03. The van der Waals surface area contributed by atoms with Crippen LogP contribution in [0, 0.1) is 10.1 Å². The van der Waals surface area contributed by atoms with Gasteiger partial charge in [0.25, 0.3) is 5.91 Å². The Balaban J connectivity index is 2.25. The van der Waals surface area contributed by atoms with Gasteiger partial charge in [-0.1, -0.05) is 30.3 Å². The zero-order chi connectivity index (χ0) is 16.1. The van der Waals surface area contributed by atoms with E-state index in [1.165, 1.54) is 13.2 Å². The van der Waals surface area contributed by atoms with Gasteiger partial charge in [-0.05, 0) is 17.7 Å². The van der Waals surface area contributed by atoms with Crippen LogP contribution in [0.1, 0.15) is 15.9 Å². The molecule has 0 bridgehead atoms.